The van der Waals surface area contributed by atoms with Gasteiger partial charge in [-0.25, -0.2) is 13.1 Å². The first-order valence-electron chi connectivity index (χ1n) is 5.21. The Morgan fingerprint density at radius 1 is 1.41 bits per heavy atom. The van der Waals surface area contributed by atoms with Crippen molar-refractivity contribution in [2.45, 2.75) is 31.4 Å². The lowest BCUT2D eigenvalue weighted by Crippen LogP contribution is -2.30. The Morgan fingerprint density at radius 2 is 2.06 bits per heavy atom. The molecule has 0 aliphatic carbocycles. The number of rotatable bonds is 5. The molecule has 0 heterocycles. The Hall–Kier alpha value is -1.11. The molecule has 0 saturated heterocycles. The topological polar surface area (TPSA) is 75.6 Å². The van der Waals surface area contributed by atoms with Crippen molar-refractivity contribution in [1.82, 2.24) is 4.72 Å². The monoisotopic (exact) mass is 259 g/mol. The average molecular weight is 259 g/mol. The highest BCUT2D eigenvalue weighted by molar-refractivity contribution is 7.89. The van der Waals surface area contributed by atoms with E-state index in [1.54, 1.807) is 19.9 Å². The van der Waals surface area contributed by atoms with Gasteiger partial charge in [0.2, 0.25) is 10.0 Å². The van der Waals surface area contributed by atoms with Crippen LogP contribution >= 0.6 is 0 Å². The van der Waals surface area contributed by atoms with E-state index in [0.29, 0.717) is 5.56 Å². The van der Waals surface area contributed by atoms with E-state index in [1.165, 1.54) is 19.2 Å². The van der Waals surface area contributed by atoms with Crippen LogP contribution in [0.5, 0.6) is 5.75 Å². The van der Waals surface area contributed by atoms with Gasteiger partial charge in [0, 0.05) is 6.04 Å². The van der Waals surface area contributed by atoms with E-state index in [-0.39, 0.29) is 23.3 Å². The van der Waals surface area contributed by atoms with Gasteiger partial charge in [-0.15, -0.1) is 0 Å². The molecule has 0 spiro atoms. The molecule has 0 radical (unpaired) electrons. The van der Waals surface area contributed by atoms with Crippen LogP contribution < -0.4 is 9.46 Å². The molecule has 1 aromatic rings. The van der Waals surface area contributed by atoms with Crippen LogP contribution in [0.3, 0.4) is 0 Å². The molecular weight excluding hydrogens is 242 g/mol. The minimum Gasteiger partial charge on any atom is -0.495 e. The summed E-state index contributed by atoms with van der Waals surface area (Å²) in [7, 11) is -2.19. The number of methoxy groups -OCH3 is 1. The molecule has 17 heavy (non-hydrogen) atoms. The van der Waals surface area contributed by atoms with Crippen LogP contribution in [-0.4, -0.2) is 26.7 Å². The molecule has 5 nitrogen and oxygen atoms in total. The number of hydrogen-bond acceptors (Lipinski definition) is 4. The van der Waals surface area contributed by atoms with Gasteiger partial charge in [-0.3, -0.25) is 0 Å². The third-order valence-electron chi connectivity index (χ3n) is 2.09. The predicted molar refractivity (Wildman–Crippen MR) is 64.4 cm³/mol. The fourth-order valence-corrected chi connectivity index (χ4v) is 2.81. The van der Waals surface area contributed by atoms with Crippen molar-refractivity contribution in [3.8, 4) is 5.75 Å². The van der Waals surface area contributed by atoms with Crippen LogP contribution in [-0.2, 0) is 16.6 Å². The van der Waals surface area contributed by atoms with E-state index < -0.39 is 10.0 Å². The quantitative estimate of drug-likeness (QED) is 0.823. The molecule has 1 aromatic carbocycles. The standard InChI is InChI=1S/C11H17NO4S/c1-8(2)12-17(14,15)11-5-4-9(7-13)6-10(11)16-3/h4-6,8,12-13H,7H2,1-3H3. The average Bonchev–Trinajstić information content (AvgIpc) is 2.26. The number of sulfonamides is 1. The summed E-state index contributed by atoms with van der Waals surface area (Å²) in [5.74, 6) is 0.227. The van der Waals surface area contributed by atoms with Gasteiger partial charge in [0.15, 0.2) is 0 Å². The van der Waals surface area contributed by atoms with Crippen molar-refractivity contribution in [3.05, 3.63) is 23.8 Å². The molecule has 1 rings (SSSR count). The Balaban J connectivity index is 3.22. The highest BCUT2D eigenvalue weighted by Crippen LogP contribution is 2.25. The van der Waals surface area contributed by atoms with Crippen molar-refractivity contribution in [3.63, 3.8) is 0 Å². The van der Waals surface area contributed by atoms with Gasteiger partial charge in [0.1, 0.15) is 10.6 Å². The lowest BCUT2D eigenvalue weighted by Gasteiger charge is -2.13. The molecule has 0 atom stereocenters. The number of hydrogen-bond donors (Lipinski definition) is 2. The zero-order valence-electron chi connectivity index (χ0n) is 10.1. The fraction of sp³-hybridized carbons (Fsp3) is 0.455. The van der Waals surface area contributed by atoms with Crippen LogP contribution in [0.1, 0.15) is 19.4 Å². The number of benzene rings is 1. The van der Waals surface area contributed by atoms with Crippen molar-refractivity contribution >= 4 is 10.0 Å². The SMILES string of the molecule is COc1cc(CO)ccc1S(=O)(=O)NC(C)C. The first kappa shape index (κ1) is 14.0. The van der Waals surface area contributed by atoms with E-state index in [9.17, 15) is 8.42 Å². The second-order valence-electron chi connectivity index (χ2n) is 3.92. The lowest BCUT2D eigenvalue weighted by atomic mass is 10.2. The third kappa shape index (κ3) is 3.42. The predicted octanol–water partition coefficient (Wildman–Crippen LogP) is 0.874. The summed E-state index contributed by atoms with van der Waals surface area (Å²) in [6, 6.07) is 4.30. The number of nitrogens with one attached hydrogen (secondary N) is 1. The van der Waals surface area contributed by atoms with Crippen molar-refractivity contribution < 1.29 is 18.3 Å². The Kier molecular flexibility index (Phi) is 4.50. The second kappa shape index (κ2) is 5.48. The number of ether oxygens (including phenoxy) is 1. The summed E-state index contributed by atoms with van der Waals surface area (Å²) in [5, 5.41) is 8.98. The van der Waals surface area contributed by atoms with Gasteiger partial charge in [0.25, 0.3) is 0 Å². The first-order chi connectivity index (χ1) is 7.90. The molecule has 6 heteroatoms. The summed E-state index contributed by atoms with van der Waals surface area (Å²) in [5.41, 5.74) is 0.602. The number of aliphatic hydroxyl groups is 1. The summed E-state index contributed by atoms with van der Waals surface area (Å²) in [6.45, 7) is 3.33. The van der Waals surface area contributed by atoms with Crippen molar-refractivity contribution in [2.75, 3.05) is 7.11 Å². The smallest absolute Gasteiger partial charge is 0.244 e. The minimum absolute atomic E-state index is 0.0749. The summed E-state index contributed by atoms with van der Waals surface area (Å²) in [4.78, 5) is 0.0749. The highest BCUT2D eigenvalue weighted by atomic mass is 32.2. The van der Waals surface area contributed by atoms with E-state index in [0.717, 1.165) is 0 Å². The summed E-state index contributed by atoms with van der Waals surface area (Å²) < 4.78 is 31.4. The van der Waals surface area contributed by atoms with Crippen LogP contribution in [0.2, 0.25) is 0 Å². The molecule has 96 valence electrons. The molecule has 0 bridgehead atoms. The number of aliphatic hydroxyl groups excluding tert-OH is 1. The molecule has 0 aliphatic heterocycles. The summed E-state index contributed by atoms with van der Waals surface area (Å²) in [6.07, 6.45) is 0. The Labute approximate surface area is 101 Å². The van der Waals surface area contributed by atoms with Gasteiger partial charge in [-0.2, -0.15) is 0 Å². The van der Waals surface area contributed by atoms with Crippen LogP contribution in [0, 0.1) is 0 Å². The normalized spacial score (nSPS) is 11.8. The Bertz CT molecular complexity index is 482. The van der Waals surface area contributed by atoms with Crippen LogP contribution in [0.4, 0.5) is 0 Å². The van der Waals surface area contributed by atoms with Gasteiger partial charge in [0.05, 0.1) is 13.7 Å². The first-order valence-corrected chi connectivity index (χ1v) is 6.69. The van der Waals surface area contributed by atoms with Crippen molar-refractivity contribution in [2.24, 2.45) is 0 Å². The zero-order valence-corrected chi connectivity index (χ0v) is 10.9. The van der Waals surface area contributed by atoms with Crippen molar-refractivity contribution in [1.29, 1.82) is 0 Å². The minimum atomic E-state index is -3.58. The third-order valence-corrected chi connectivity index (χ3v) is 3.79. The maximum absolute atomic E-state index is 12.0. The highest BCUT2D eigenvalue weighted by Gasteiger charge is 2.20. The van der Waals surface area contributed by atoms with E-state index in [4.69, 9.17) is 9.84 Å². The maximum atomic E-state index is 12.0. The maximum Gasteiger partial charge on any atom is 0.244 e. The Morgan fingerprint density at radius 3 is 2.53 bits per heavy atom. The molecule has 0 fully saturated rings. The molecule has 0 amide bonds. The van der Waals surface area contributed by atoms with Crippen LogP contribution in [0.15, 0.2) is 23.1 Å². The molecular formula is C11H17NO4S. The largest absolute Gasteiger partial charge is 0.495 e. The molecule has 2 N–H and O–H groups in total. The van der Waals surface area contributed by atoms with Gasteiger partial charge >= 0.3 is 0 Å². The lowest BCUT2D eigenvalue weighted by molar-refractivity contribution is 0.280. The van der Waals surface area contributed by atoms with Gasteiger partial charge < -0.3 is 9.84 Å². The van der Waals surface area contributed by atoms with Gasteiger partial charge in [-0.05, 0) is 31.5 Å². The molecule has 0 aliphatic rings. The van der Waals surface area contributed by atoms with E-state index in [1.807, 2.05) is 0 Å². The molecule has 0 unspecified atom stereocenters. The van der Waals surface area contributed by atoms with E-state index >= 15 is 0 Å². The molecule has 0 aromatic heterocycles. The summed E-state index contributed by atoms with van der Waals surface area (Å²) >= 11 is 0. The zero-order chi connectivity index (χ0) is 13.1. The van der Waals surface area contributed by atoms with Crippen LogP contribution in [0.25, 0.3) is 0 Å². The van der Waals surface area contributed by atoms with Gasteiger partial charge in [-0.1, -0.05) is 6.07 Å². The molecule has 0 saturated carbocycles. The second-order valence-corrected chi connectivity index (χ2v) is 5.60. The fourth-order valence-electron chi connectivity index (χ4n) is 1.41. The van der Waals surface area contributed by atoms with E-state index in [2.05, 4.69) is 4.72 Å².